The SMILES string of the molecule is CCCOc1c(I)cc(/C=C(\C#N)C(=O)Nc2ccc(OCc3ccc(Br)cc3)cc2)cc1OC. The zero-order chi connectivity index (χ0) is 25.2. The van der Waals surface area contributed by atoms with Crippen LogP contribution < -0.4 is 19.5 Å². The predicted octanol–water partition coefficient (Wildman–Crippen LogP) is 6.98. The lowest BCUT2D eigenvalue weighted by atomic mass is 10.1. The van der Waals surface area contributed by atoms with Crippen molar-refractivity contribution in [3.8, 4) is 23.3 Å². The molecule has 0 unspecified atom stereocenters. The lowest BCUT2D eigenvalue weighted by molar-refractivity contribution is -0.112. The lowest BCUT2D eigenvalue weighted by Crippen LogP contribution is -2.13. The predicted molar refractivity (Wildman–Crippen MR) is 149 cm³/mol. The number of hydrogen-bond donors (Lipinski definition) is 1. The van der Waals surface area contributed by atoms with Crippen LogP contribution in [0.1, 0.15) is 24.5 Å². The summed E-state index contributed by atoms with van der Waals surface area (Å²) in [5, 5.41) is 12.3. The highest BCUT2D eigenvalue weighted by molar-refractivity contribution is 14.1. The van der Waals surface area contributed by atoms with E-state index in [9.17, 15) is 10.1 Å². The molecule has 6 nitrogen and oxygen atoms in total. The van der Waals surface area contributed by atoms with Crippen LogP contribution in [-0.2, 0) is 11.4 Å². The van der Waals surface area contributed by atoms with E-state index < -0.39 is 5.91 Å². The van der Waals surface area contributed by atoms with Crippen LogP contribution in [0.25, 0.3) is 6.08 Å². The topological polar surface area (TPSA) is 80.6 Å². The third-order valence-corrected chi connectivity index (χ3v) is 6.14. The summed E-state index contributed by atoms with van der Waals surface area (Å²) < 4.78 is 18.8. The number of halogens is 2. The van der Waals surface area contributed by atoms with E-state index in [4.69, 9.17) is 14.2 Å². The Labute approximate surface area is 227 Å². The van der Waals surface area contributed by atoms with Gasteiger partial charge in [-0.1, -0.05) is 35.0 Å². The maximum Gasteiger partial charge on any atom is 0.266 e. The second-order valence-electron chi connectivity index (χ2n) is 7.45. The van der Waals surface area contributed by atoms with Crippen LogP contribution in [0.2, 0.25) is 0 Å². The van der Waals surface area contributed by atoms with E-state index in [-0.39, 0.29) is 5.57 Å². The van der Waals surface area contributed by atoms with Crippen molar-refractivity contribution in [3.05, 3.63) is 85.4 Å². The molecule has 3 aromatic carbocycles. The first kappa shape index (κ1) is 26.6. The van der Waals surface area contributed by atoms with Crippen molar-refractivity contribution < 1.29 is 19.0 Å². The average molecular weight is 647 g/mol. The zero-order valence-electron chi connectivity index (χ0n) is 19.3. The molecule has 1 N–H and O–H groups in total. The highest BCUT2D eigenvalue weighted by Gasteiger charge is 2.14. The summed E-state index contributed by atoms with van der Waals surface area (Å²) in [5.74, 6) is 1.37. The summed E-state index contributed by atoms with van der Waals surface area (Å²) in [4.78, 5) is 12.7. The van der Waals surface area contributed by atoms with Gasteiger partial charge < -0.3 is 19.5 Å². The summed E-state index contributed by atoms with van der Waals surface area (Å²) >= 11 is 5.57. The number of ether oxygens (including phenoxy) is 3. The van der Waals surface area contributed by atoms with Gasteiger partial charge in [-0.25, -0.2) is 0 Å². The molecule has 0 aliphatic carbocycles. The Morgan fingerprint density at radius 1 is 1.11 bits per heavy atom. The highest BCUT2D eigenvalue weighted by Crippen LogP contribution is 2.34. The third kappa shape index (κ3) is 7.73. The van der Waals surface area contributed by atoms with E-state index in [1.807, 2.05) is 43.3 Å². The molecule has 0 saturated heterocycles. The fourth-order valence-electron chi connectivity index (χ4n) is 3.06. The van der Waals surface area contributed by atoms with Gasteiger partial charge in [-0.3, -0.25) is 4.79 Å². The molecule has 0 saturated carbocycles. The minimum Gasteiger partial charge on any atom is -0.493 e. The van der Waals surface area contributed by atoms with Gasteiger partial charge in [0, 0.05) is 10.2 Å². The van der Waals surface area contributed by atoms with E-state index in [1.165, 1.54) is 6.08 Å². The minimum atomic E-state index is -0.503. The number of carbonyl (C=O) groups excluding carboxylic acids is 1. The number of methoxy groups -OCH3 is 1. The Morgan fingerprint density at radius 3 is 2.46 bits per heavy atom. The maximum absolute atomic E-state index is 12.7. The van der Waals surface area contributed by atoms with Crippen molar-refractivity contribution in [2.75, 3.05) is 19.0 Å². The van der Waals surface area contributed by atoms with Crippen LogP contribution in [0.15, 0.2) is 70.7 Å². The quantitative estimate of drug-likeness (QED) is 0.146. The number of anilines is 1. The number of rotatable bonds is 10. The van der Waals surface area contributed by atoms with Gasteiger partial charge in [0.2, 0.25) is 0 Å². The first-order valence-electron chi connectivity index (χ1n) is 10.8. The van der Waals surface area contributed by atoms with Crippen LogP contribution in [0, 0.1) is 14.9 Å². The van der Waals surface area contributed by atoms with Crippen molar-refractivity contribution in [2.45, 2.75) is 20.0 Å². The van der Waals surface area contributed by atoms with Crippen LogP contribution in [-0.4, -0.2) is 19.6 Å². The number of nitrogens with zero attached hydrogens (tertiary/aromatic N) is 1. The maximum atomic E-state index is 12.7. The molecule has 0 heterocycles. The molecule has 0 radical (unpaired) electrons. The van der Waals surface area contributed by atoms with E-state index in [0.717, 1.165) is 20.0 Å². The van der Waals surface area contributed by atoms with Gasteiger partial charge in [-0.2, -0.15) is 5.26 Å². The zero-order valence-corrected chi connectivity index (χ0v) is 23.1. The smallest absolute Gasteiger partial charge is 0.266 e. The molecular formula is C27H24BrIN2O4. The van der Waals surface area contributed by atoms with Crippen molar-refractivity contribution in [3.63, 3.8) is 0 Å². The van der Waals surface area contributed by atoms with Crippen molar-refractivity contribution in [2.24, 2.45) is 0 Å². The second-order valence-corrected chi connectivity index (χ2v) is 9.52. The molecule has 0 aliphatic rings. The monoisotopic (exact) mass is 646 g/mol. The van der Waals surface area contributed by atoms with Crippen molar-refractivity contribution in [1.82, 2.24) is 0 Å². The molecule has 0 bridgehead atoms. The molecule has 0 fully saturated rings. The van der Waals surface area contributed by atoms with Gasteiger partial charge in [-0.05, 0) is 94.7 Å². The van der Waals surface area contributed by atoms with Crippen LogP contribution >= 0.6 is 38.5 Å². The second kappa shape index (κ2) is 13.2. The molecule has 3 aromatic rings. The Kier molecular flexibility index (Phi) is 9.99. The summed E-state index contributed by atoms with van der Waals surface area (Å²) in [7, 11) is 1.56. The first-order chi connectivity index (χ1) is 16.9. The van der Waals surface area contributed by atoms with Gasteiger partial charge >= 0.3 is 0 Å². The molecule has 0 aliphatic heterocycles. The number of amides is 1. The van der Waals surface area contributed by atoms with Crippen molar-refractivity contribution in [1.29, 1.82) is 5.26 Å². The van der Waals surface area contributed by atoms with Gasteiger partial charge in [-0.15, -0.1) is 0 Å². The van der Waals surface area contributed by atoms with Crippen LogP contribution in [0.3, 0.4) is 0 Å². The Bertz CT molecular complexity index is 1240. The summed E-state index contributed by atoms with van der Waals surface area (Å²) in [6.07, 6.45) is 2.40. The molecule has 35 heavy (non-hydrogen) atoms. The van der Waals surface area contributed by atoms with Crippen LogP contribution in [0.4, 0.5) is 5.69 Å². The van der Waals surface area contributed by atoms with Gasteiger partial charge in [0.1, 0.15) is 24.0 Å². The Hall–Kier alpha value is -3.03. The van der Waals surface area contributed by atoms with Gasteiger partial charge in [0.25, 0.3) is 5.91 Å². The fraction of sp³-hybridized carbons (Fsp3) is 0.185. The Balaban J connectivity index is 1.67. The molecule has 0 spiro atoms. The number of benzene rings is 3. The highest BCUT2D eigenvalue weighted by atomic mass is 127. The standard InChI is InChI=1S/C27H24BrIN2O4/c1-3-12-34-26-24(29)14-19(15-25(26)33-2)13-20(16-30)27(32)31-22-8-10-23(11-9-22)35-17-18-4-6-21(28)7-5-18/h4-11,13-15H,3,12,17H2,1-2H3,(H,31,32)/b20-13+. The van der Waals surface area contributed by atoms with E-state index >= 15 is 0 Å². The third-order valence-electron chi connectivity index (χ3n) is 4.81. The average Bonchev–Trinajstić information content (AvgIpc) is 2.86. The Morgan fingerprint density at radius 2 is 1.83 bits per heavy atom. The summed E-state index contributed by atoms with van der Waals surface area (Å²) in [5.41, 5.74) is 2.24. The number of nitriles is 1. The molecule has 8 heteroatoms. The number of nitrogens with one attached hydrogen (secondary N) is 1. The van der Waals surface area contributed by atoms with Crippen molar-refractivity contribution >= 4 is 56.2 Å². The first-order valence-corrected chi connectivity index (χ1v) is 12.7. The fourth-order valence-corrected chi connectivity index (χ4v) is 4.11. The number of hydrogen-bond acceptors (Lipinski definition) is 5. The summed E-state index contributed by atoms with van der Waals surface area (Å²) in [6.45, 7) is 3.03. The molecule has 180 valence electrons. The van der Waals surface area contributed by atoms with Gasteiger partial charge in [0.05, 0.1) is 17.3 Å². The molecule has 0 aromatic heterocycles. The number of carbonyl (C=O) groups is 1. The summed E-state index contributed by atoms with van der Waals surface area (Å²) in [6, 6.07) is 20.5. The molecule has 0 atom stereocenters. The molecule has 3 rings (SSSR count). The lowest BCUT2D eigenvalue weighted by Gasteiger charge is -2.13. The van der Waals surface area contributed by atoms with Crippen LogP contribution in [0.5, 0.6) is 17.2 Å². The van der Waals surface area contributed by atoms with E-state index in [1.54, 1.807) is 37.4 Å². The largest absolute Gasteiger partial charge is 0.493 e. The molecule has 1 amide bonds. The van der Waals surface area contributed by atoms with E-state index in [2.05, 4.69) is 43.8 Å². The van der Waals surface area contributed by atoms with E-state index in [0.29, 0.717) is 41.7 Å². The van der Waals surface area contributed by atoms with Gasteiger partial charge in [0.15, 0.2) is 11.5 Å². The minimum absolute atomic E-state index is 0.0272. The normalized spacial score (nSPS) is 10.9. The molecular weight excluding hydrogens is 623 g/mol.